The molecule has 232 valence electrons. The Morgan fingerprint density at radius 3 is 1.67 bits per heavy atom. The summed E-state index contributed by atoms with van der Waals surface area (Å²) in [5.41, 5.74) is 10.2. The van der Waals surface area contributed by atoms with Gasteiger partial charge in [-0.25, -0.2) is 0 Å². The zero-order valence-corrected chi connectivity index (χ0v) is 28.2. The maximum Gasteiger partial charge on any atom is 0.0551 e. The molecule has 0 radical (unpaired) electrons. The molecule has 1 nitrogen and oxygen atoms in total. The smallest absolute Gasteiger partial charge is 0.0551 e. The van der Waals surface area contributed by atoms with Crippen molar-refractivity contribution < 1.29 is 0 Å². The number of hydrogen-bond acceptors (Lipinski definition) is 1. The lowest BCUT2D eigenvalue weighted by molar-refractivity contribution is 1.34. The van der Waals surface area contributed by atoms with Crippen LogP contribution in [0.15, 0.2) is 171 Å². The van der Waals surface area contributed by atoms with E-state index in [4.69, 9.17) is 0 Å². The molecule has 0 saturated carbocycles. The summed E-state index contributed by atoms with van der Waals surface area (Å²) in [6.45, 7) is 11.0. The Bertz CT molecular complexity index is 2520. The first-order chi connectivity index (χ1) is 23.6. The SMILES string of the molecule is C=CC=C.Cc1ccccc1C.c1ccc(-c2ccc(-c3cccc4c3sc3c5ccccc5c5[nH]c6ccccc6c5c43)cc2)cc1. The molecule has 7 aromatic carbocycles. The van der Waals surface area contributed by atoms with E-state index in [1.54, 1.807) is 12.2 Å². The van der Waals surface area contributed by atoms with Gasteiger partial charge in [-0.1, -0.05) is 165 Å². The Balaban J connectivity index is 0.000000260. The van der Waals surface area contributed by atoms with E-state index in [1.807, 2.05) is 11.3 Å². The zero-order valence-electron chi connectivity index (χ0n) is 27.3. The molecule has 0 fully saturated rings. The molecule has 0 atom stereocenters. The fourth-order valence-corrected chi connectivity index (χ4v) is 7.80. The summed E-state index contributed by atoms with van der Waals surface area (Å²) < 4.78 is 2.72. The Hall–Kier alpha value is -5.70. The van der Waals surface area contributed by atoms with Crippen molar-refractivity contribution >= 4 is 64.1 Å². The number of thiophene rings is 1. The van der Waals surface area contributed by atoms with E-state index in [9.17, 15) is 0 Å². The number of para-hydroxylation sites is 1. The molecule has 48 heavy (non-hydrogen) atoms. The summed E-state index contributed by atoms with van der Waals surface area (Å²) in [4.78, 5) is 3.74. The molecule has 9 aromatic rings. The Labute approximate surface area is 286 Å². The zero-order chi connectivity index (χ0) is 33.0. The normalized spacial score (nSPS) is 10.9. The van der Waals surface area contributed by atoms with Gasteiger partial charge in [0.15, 0.2) is 0 Å². The first-order valence-electron chi connectivity index (χ1n) is 16.3. The van der Waals surface area contributed by atoms with Gasteiger partial charge in [0.05, 0.1) is 5.52 Å². The molecule has 0 amide bonds. The first-order valence-corrected chi connectivity index (χ1v) is 17.1. The van der Waals surface area contributed by atoms with Crippen LogP contribution in [0.5, 0.6) is 0 Å². The van der Waals surface area contributed by atoms with E-state index in [-0.39, 0.29) is 0 Å². The lowest BCUT2D eigenvalue weighted by Crippen LogP contribution is -1.81. The van der Waals surface area contributed by atoms with Crippen molar-refractivity contribution in [2.24, 2.45) is 0 Å². The van der Waals surface area contributed by atoms with Crippen molar-refractivity contribution in [1.29, 1.82) is 0 Å². The number of benzene rings is 7. The van der Waals surface area contributed by atoms with Crippen molar-refractivity contribution in [3.63, 3.8) is 0 Å². The Morgan fingerprint density at radius 1 is 0.458 bits per heavy atom. The average molecular weight is 636 g/mol. The van der Waals surface area contributed by atoms with Crippen LogP contribution in [-0.2, 0) is 0 Å². The van der Waals surface area contributed by atoms with Crippen molar-refractivity contribution in [1.82, 2.24) is 4.98 Å². The van der Waals surface area contributed by atoms with Gasteiger partial charge < -0.3 is 4.98 Å². The van der Waals surface area contributed by atoms with Gasteiger partial charge in [0.1, 0.15) is 0 Å². The lowest BCUT2D eigenvalue weighted by Gasteiger charge is -2.06. The van der Waals surface area contributed by atoms with Crippen LogP contribution in [0.3, 0.4) is 0 Å². The number of allylic oxidation sites excluding steroid dienone is 2. The fraction of sp³-hybridized carbons (Fsp3) is 0.0435. The minimum absolute atomic E-state index is 1.19. The number of aromatic amines is 1. The summed E-state index contributed by atoms with van der Waals surface area (Å²) >= 11 is 1.93. The van der Waals surface area contributed by atoms with Gasteiger partial charge in [0.25, 0.3) is 0 Å². The molecule has 0 bridgehead atoms. The van der Waals surface area contributed by atoms with Crippen LogP contribution >= 0.6 is 11.3 Å². The minimum atomic E-state index is 1.19. The monoisotopic (exact) mass is 635 g/mol. The molecule has 0 spiro atoms. The largest absolute Gasteiger partial charge is 0.354 e. The van der Waals surface area contributed by atoms with Gasteiger partial charge in [-0.15, -0.1) is 11.3 Å². The number of fused-ring (bicyclic) bond motifs is 10. The second-order valence-electron chi connectivity index (χ2n) is 12.0. The number of aryl methyl sites for hydroxylation is 2. The second kappa shape index (κ2) is 13.6. The molecule has 0 aliphatic carbocycles. The third-order valence-electron chi connectivity index (χ3n) is 9.01. The van der Waals surface area contributed by atoms with Crippen LogP contribution < -0.4 is 0 Å². The summed E-state index contributed by atoms with van der Waals surface area (Å²) in [7, 11) is 0. The number of aromatic nitrogens is 1. The standard InChI is InChI=1S/C34H21NS.C8H10.C4H6/c1-2-9-21(10-3-1)22-17-19-23(20-18-22)24-14-8-15-28-31-30-27-13-6-7-16-29(27)35-32(30)25-11-4-5-12-26(25)34(31)36-33(24)28;1-7-5-3-4-6-8(7)2;1-3-4-2/h1-20,35H;3-6H,1-2H3;3-4H,1-2H2. The van der Waals surface area contributed by atoms with Crippen molar-refractivity contribution in [3.05, 3.63) is 182 Å². The number of nitrogens with one attached hydrogen (secondary N) is 1. The number of hydrogen-bond donors (Lipinski definition) is 1. The van der Waals surface area contributed by atoms with E-state index >= 15 is 0 Å². The lowest BCUT2D eigenvalue weighted by atomic mass is 9.97. The predicted octanol–water partition coefficient (Wildman–Crippen LogP) is 13.8. The van der Waals surface area contributed by atoms with Gasteiger partial charge in [-0.2, -0.15) is 0 Å². The maximum absolute atomic E-state index is 3.74. The molecular weight excluding hydrogens is 599 g/mol. The molecule has 2 heterocycles. The highest BCUT2D eigenvalue weighted by Gasteiger charge is 2.19. The third-order valence-corrected chi connectivity index (χ3v) is 10.3. The summed E-state index contributed by atoms with van der Waals surface area (Å²) in [6.07, 6.45) is 3.28. The van der Waals surface area contributed by atoms with E-state index < -0.39 is 0 Å². The highest BCUT2D eigenvalue weighted by atomic mass is 32.1. The molecule has 2 heteroatoms. The van der Waals surface area contributed by atoms with Crippen LogP contribution in [0.1, 0.15) is 11.1 Å². The van der Waals surface area contributed by atoms with Gasteiger partial charge in [0.2, 0.25) is 0 Å². The molecular formula is C46H37NS. The maximum atomic E-state index is 3.74. The van der Waals surface area contributed by atoms with Gasteiger partial charge in [-0.3, -0.25) is 0 Å². The molecule has 0 saturated heterocycles. The molecule has 2 aromatic heterocycles. The van der Waals surface area contributed by atoms with Crippen molar-refractivity contribution in [2.75, 3.05) is 0 Å². The van der Waals surface area contributed by atoms with Crippen LogP contribution in [0.4, 0.5) is 0 Å². The van der Waals surface area contributed by atoms with Crippen LogP contribution in [0.2, 0.25) is 0 Å². The quantitative estimate of drug-likeness (QED) is 0.186. The molecule has 0 aliphatic heterocycles. The van der Waals surface area contributed by atoms with Gasteiger partial charge >= 0.3 is 0 Å². The number of rotatable bonds is 3. The van der Waals surface area contributed by atoms with Crippen molar-refractivity contribution in [3.8, 4) is 22.3 Å². The van der Waals surface area contributed by atoms with E-state index in [1.165, 1.54) is 86.1 Å². The number of H-pyrrole nitrogens is 1. The van der Waals surface area contributed by atoms with Crippen LogP contribution in [0.25, 0.3) is 75.0 Å². The molecule has 0 unspecified atom stereocenters. The topological polar surface area (TPSA) is 15.8 Å². The molecule has 9 rings (SSSR count). The summed E-state index contributed by atoms with van der Waals surface area (Å²) in [6, 6.07) is 52.2. The Kier molecular flexibility index (Phi) is 8.74. The highest BCUT2D eigenvalue weighted by molar-refractivity contribution is 7.27. The summed E-state index contributed by atoms with van der Waals surface area (Å²) in [5.74, 6) is 0. The second-order valence-corrected chi connectivity index (χ2v) is 13.0. The predicted molar refractivity (Wildman–Crippen MR) is 213 cm³/mol. The first kappa shape index (κ1) is 30.9. The van der Waals surface area contributed by atoms with Gasteiger partial charge in [-0.05, 0) is 53.3 Å². The van der Waals surface area contributed by atoms with E-state index in [0.717, 1.165) is 0 Å². The van der Waals surface area contributed by atoms with Crippen molar-refractivity contribution in [2.45, 2.75) is 13.8 Å². The van der Waals surface area contributed by atoms with Crippen LogP contribution in [-0.4, -0.2) is 4.98 Å². The highest BCUT2D eigenvalue weighted by Crippen LogP contribution is 2.48. The average Bonchev–Trinajstić information content (AvgIpc) is 3.73. The Morgan fingerprint density at radius 2 is 1.00 bits per heavy atom. The van der Waals surface area contributed by atoms with E-state index in [0.29, 0.717) is 0 Å². The van der Waals surface area contributed by atoms with Gasteiger partial charge in [0, 0.05) is 47.2 Å². The summed E-state index contributed by atoms with van der Waals surface area (Å²) in [5, 5.41) is 7.93. The fourth-order valence-electron chi connectivity index (χ4n) is 6.42. The molecule has 1 N–H and O–H groups in total. The minimum Gasteiger partial charge on any atom is -0.354 e. The van der Waals surface area contributed by atoms with Crippen LogP contribution in [0, 0.1) is 13.8 Å². The van der Waals surface area contributed by atoms with E-state index in [2.05, 4.69) is 178 Å². The third kappa shape index (κ3) is 5.72. The molecule has 0 aliphatic rings.